The number of hydrogen-bond acceptors (Lipinski definition) is 5. The maximum atomic E-state index is 12.4. The third kappa shape index (κ3) is 5.29. The Bertz CT molecular complexity index is 531. The van der Waals surface area contributed by atoms with Crippen molar-refractivity contribution in [2.45, 2.75) is 53.7 Å². The van der Waals surface area contributed by atoms with Crippen LogP contribution in [0.2, 0.25) is 0 Å². The maximum Gasteiger partial charge on any atom is 0.408 e. The van der Waals surface area contributed by atoms with Gasteiger partial charge in [-0.1, -0.05) is 0 Å². The fourth-order valence-electron chi connectivity index (χ4n) is 1.84. The molecule has 1 rings (SSSR count). The van der Waals surface area contributed by atoms with Crippen molar-refractivity contribution in [3.63, 3.8) is 0 Å². The van der Waals surface area contributed by atoms with Gasteiger partial charge in [-0.05, 0) is 41.5 Å². The highest BCUT2D eigenvalue weighted by Gasteiger charge is 2.20. The van der Waals surface area contributed by atoms with Gasteiger partial charge in [-0.15, -0.1) is 11.3 Å². The first kappa shape index (κ1) is 18.4. The van der Waals surface area contributed by atoms with Gasteiger partial charge in [-0.25, -0.2) is 9.78 Å². The van der Waals surface area contributed by atoms with Crippen LogP contribution >= 0.6 is 11.3 Å². The predicted octanol–water partition coefficient (Wildman–Crippen LogP) is 2.96. The number of amides is 2. The van der Waals surface area contributed by atoms with E-state index in [0.29, 0.717) is 28.7 Å². The van der Waals surface area contributed by atoms with Gasteiger partial charge in [0.1, 0.15) is 15.5 Å². The fourth-order valence-corrected chi connectivity index (χ4v) is 2.82. The van der Waals surface area contributed by atoms with E-state index in [-0.39, 0.29) is 12.5 Å². The lowest BCUT2D eigenvalue weighted by Gasteiger charge is -2.19. The minimum Gasteiger partial charge on any atom is -0.444 e. The second-order valence-electron chi connectivity index (χ2n) is 5.86. The zero-order valence-electron chi connectivity index (χ0n) is 14.1. The summed E-state index contributed by atoms with van der Waals surface area (Å²) in [6.45, 7) is 12.7. The van der Waals surface area contributed by atoms with E-state index in [1.807, 2.05) is 20.8 Å². The molecule has 0 fully saturated rings. The van der Waals surface area contributed by atoms with Gasteiger partial charge in [0.05, 0.1) is 12.2 Å². The van der Waals surface area contributed by atoms with Gasteiger partial charge in [-0.3, -0.25) is 4.79 Å². The van der Waals surface area contributed by atoms with Crippen molar-refractivity contribution >= 4 is 23.3 Å². The molecule has 0 spiro atoms. The molecule has 2 amide bonds. The number of carbonyl (C=O) groups is 2. The second kappa shape index (κ2) is 7.58. The van der Waals surface area contributed by atoms with Crippen LogP contribution in [0.1, 0.15) is 55.0 Å². The van der Waals surface area contributed by atoms with Crippen molar-refractivity contribution in [2.24, 2.45) is 0 Å². The van der Waals surface area contributed by atoms with Gasteiger partial charge < -0.3 is 15.0 Å². The van der Waals surface area contributed by atoms with Gasteiger partial charge in [0.15, 0.2) is 0 Å². The van der Waals surface area contributed by atoms with Crippen molar-refractivity contribution in [1.29, 1.82) is 0 Å². The highest BCUT2D eigenvalue weighted by molar-refractivity contribution is 7.13. The lowest BCUT2D eigenvalue weighted by molar-refractivity contribution is 0.0523. The molecule has 0 atom stereocenters. The molecule has 7 heteroatoms. The Morgan fingerprint density at radius 1 is 1.27 bits per heavy atom. The largest absolute Gasteiger partial charge is 0.444 e. The molecule has 0 aliphatic rings. The van der Waals surface area contributed by atoms with Crippen LogP contribution in [0.15, 0.2) is 0 Å². The number of rotatable bonds is 5. The zero-order chi connectivity index (χ0) is 16.9. The smallest absolute Gasteiger partial charge is 0.408 e. The van der Waals surface area contributed by atoms with Crippen LogP contribution in [-0.4, -0.2) is 40.6 Å². The molecule has 124 valence electrons. The predicted molar refractivity (Wildman–Crippen MR) is 87.2 cm³/mol. The van der Waals surface area contributed by atoms with Gasteiger partial charge >= 0.3 is 6.09 Å². The minimum atomic E-state index is -0.535. The third-order valence-corrected chi connectivity index (χ3v) is 4.01. The summed E-state index contributed by atoms with van der Waals surface area (Å²) in [6.07, 6.45) is -0.489. The molecule has 0 saturated carbocycles. The van der Waals surface area contributed by atoms with Gasteiger partial charge in [0.2, 0.25) is 0 Å². The molecule has 22 heavy (non-hydrogen) atoms. The first-order valence-corrected chi connectivity index (χ1v) is 8.22. The number of thiazole rings is 1. The summed E-state index contributed by atoms with van der Waals surface area (Å²) >= 11 is 1.31. The maximum absolute atomic E-state index is 12.4. The van der Waals surface area contributed by atoms with Crippen molar-refractivity contribution in [2.75, 3.05) is 13.1 Å². The Hall–Kier alpha value is -1.63. The molecule has 0 aliphatic heterocycles. The first-order valence-electron chi connectivity index (χ1n) is 7.40. The third-order valence-electron chi connectivity index (χ3n) is 2.87. The number of hydrogen-bond donors (Lipinski definition) is 1. The number of ether oxygens (including phenoxy) is 1. The molecular formula is C15H25N3O3S. The Balaban J connectivity index is 2.70. The summed E-state index contributed by atoms with van der Waals surface area (Å²) < 4.78 is 5.17. The lowest BCUT2D eigenvalue weighted by atomic mass is 10.2. The summed E-state index contributed by atoms with van der Waals surface area (Å²) in [6, 6.07) is 0. The zero-order valence-corrected chi connectivity index (χ0v) is 15.0. The molecule has 0 saturated heterocycles. The minimum absolute atomic E-state index is 0.0106. The van der Waals surface area contributed by atoms with Crippen LogP contribution in [0.5, 0.6) is 0 Å². The Labute approximate surface area is 135 Å². The van der Waals surface area contributed by atoms with Crippen molar-refractivity contribution in [3.05, 3.63) is 15.6 Å². The Kier molecular flexibility index (Phi) is 6.34. The second-order valence-corrected chi connectivity index (χ2v) is 6.94. The average Bonchev–Trinajstić information content (AvgIpc) is 2.77. The van der Waals surface area contributed by atoms with E-state index in [9.17, 15) is 9.59 Å². The summed E-state index contributed by atoms with van der Waals surface area (Å²) in [5.74, 6) is -0.0106. The average molecular weight is 327 g/mol. The van der Waals surface area contributed by atoms with E-state index in [1.165, 1.54) is 11.3 Å². The normalized spacial score (nSPS) is 11.2. The topological polar surface area (TPSA) is 71.5 Å². The van der Waals surface area contributed by atoms with Crippen LogP contribution in [0, 0.1) is 6.92 Å². The monoisotopic (exact) mass is 327 g/mol. The highest BCUT2D eigenvalue weighted by atomic mass is 32.1. The number of nitrogens with zero attached hydrogens (tertiary/aromatic N) is 2. The number of nitrogens with one attached hydrogen (secondary N) is 1. The molecule has 0 unspecified atom stereocenters. The van der Waals surface area contributed by atoms with Crippen molar-refractivity contribution < 1.29 is 14.3 Å². The van der Waals surface area contributed by atoms with E-state index >= 15 is 0 Å². The number of carbonyl (C=O) groups excluding carboxylic acids is 2. The molecule has 1 N–H and O–H groups in total. The lowest BCUT2D eigenvalue weighted by Crippen LogP contribution is -2.32. The molecule has 0 bridgehead atoms. The summed E-state index contributed by atoms with van der Waals surface area (Å²) in [4.78, 5) is 30.7. The van der Waals surface area contributed by atoms with E-state index < -0.39 is 11.7 Å². The standard InChI is InChI=1S/C15H25N3O3S/c1-7-18(8-2)13(19)12-10(3)17-11(22-12)9-16-14(20)21-15(4,5)6/h7-9H2,1-6H3,(H,16,20). The summed E-state index contributed by atoms with van der Waals surface area (Å²) in [7, 11) is 0. The molecule has 0 aliphatic carbocycles. The van der Waals surface area contributed by atoms with Crippen LogP contribution < -0.4 is 5.32 Å². The van der Waals surface area contributed by atoms with Crippen LogP contribution in [0.25, 0.3) is 0 Å². The van der Waals surface area contributed by atoms with Gasteiger partial charge in [-0.2, -0.15) is 0 Å². The molecule has 1 heterocycles. The van der Waals surface area contributed by atoms with Crippen molar-refractivity contribution in [1.82, 2.24) is 15.2 Å². The van der Waals surface area contributed by atoms with Gasteiger partial charge in [0.25, 0.3) is 5.91 Å². The number of aromatic nitrogens is 1. The number of alkyl carbamates (subject to hydrolysis) is 1. The molecule has 1 aromatic heterocycles. The first-order chi connectivity index (χ1) is 10.2. The Morgan fingerprint density at radius 2 is 1.86 bits per heavy atom. The van der Waals surface area contributed by atoms with E-state index in [0.717, 1.165) is 0 Å². The molecule has 0 radical (unpaired) electrons. The van der Waals surface area contributed by atoms with E-state index in [1.54, 1.807) is 25.7 Å². The van der Waals surface area contributed by atoms with Crippen LogP contribution in [-0.2, 0) is 11.3 Å². The molecular weight excluding hydrogens is 302 g/mol. The van der Waals surface area contributed by atoms with Crippen molar-refractivity contribution in [3.8, 4) is 0 Å². The van der Waals surface area contributed by atoms with E-state index in [4.69, 9.17) is 4.74 Å². The summed E-state index contributed by atoms with van der Waals surface area (Å²) in [5.41, 5.74) is 0.162. The highest BCUT2D eigenvalue weighted by Crippen LogP contribution is 2.20. The molecule has 6 nitrogen and oxygen atoms in total. The fraction of sp³-hybridized carbons (Fsp3) is 0.667. The SMILES string of the molecule is CCN(CC)C(=O)c1sc(CNC(=O)OC(C)(C)C)nc1C. The van der Waals surface area contributed by atoms with Gasteiger partial charge in [0, 0.05) is 13.1 Å². The Morgan fingerprint density at radius 3 is 2.36 bits per heavy atom. The summed E-state index contributed by atoms with van der Waals surface area (Å²) in [5, 5.41) is 3.35. The quantitative estimate of drug-likeness (QED) is 0.902. The van der Waals surface area contributed by atoms with Crippen LogP contribution in [0.4, 0.5) is 4.79 Å². The number of aryl methyl sites for hydroxylation is 1. The molecule has 0 aromatic carbocycles. The van der Waals surface area contributed by atoms with Crippen LogP contribution in [0.3, 0.4) is 0 Å². The molecule has 1 aromatic rings. The van der Waals surface area contributed by atoms with E-state index in [2.05, 4.69) is 10.3 Å².